The van der Waals surface area contributed by atoms with Crippen molar-refractivity contribution in [3.63, 3.8) is 0 Å². The first kappa shape index (κ1) is 11.7. The quantitative estimate of drug-likeness (QED) is 0.814. The Bertz CT molecular complexity index is 322. The van der Waals surface area contributed by atoms with Gasteiger partial charge >= 0.3 is 0 Å². The van der Waals surface area contributed by atoms with Crippen molar-refractivity contribution in [1.82, 2.24) is 4.90 Å². The van der Waals surface area contributed by atoms with Crippen molar-refractivity contribution in [2.75, 3.05) is 14.1 Å². The minimum absolute atomic E-state index is 0.0636. The molecule has 15 heavy (non-hydrogen) atoms. The summed E-state index contributed by atoms with van der Waals surface area (Å²) in [5, 5.41) is 9.96. The van der Waals surface area contributed by atoms with Crippen molar-refractivity contribution in [3.8, 4) is 0 Å². The van der Waals surface area contributed by atoms with Gasteiger partial charge in [0.15, 0.2) is 0 Å². The second-order valence-corrected chi connectivity index (χ2v) is 3.88. The molecule has 0 spiro atoms. The molecule has 0 aliphatic carbocycles. The number of benzene rings is 1. The van der Waals surface area contributed by atoms with Gasteiger partial charge in [-0.3, -0.25) is 4.79 Å². The summed E-state index contributed by atoms with van der Waals surface area (Å²) >= 11 is 0. The molecule has 2 atom stereocenters. The lowest BCUT2D eigenvalue weighted by atomic mass is 9.96. The van der Waals surface area contributed by atoms with Crippen LogP contribution in [0.2, 0.25) is 0 Å². The molecule has 0 aromatic heterocycles. The molecule has 1 aromatic carbocycles. The average molecular weight is 207 g/mol. The Morgan fingerprint density at radius 3 is 2.27 bits per heavy atom. The minimum Gasteiger partial charge on any atom is -0.388 e. The zero-order valence-corrected chi connectivity index (χ0v) is 9.34. The number of carbonyl (C=O) groups excluding carboxylic acids is 1. The Morgan fingerprint density at radius 1 is 1.27 bits per heavy atom. The monoisotopic (exact) mass is 207 g/mol. The second-order valence-electron chi connectivity index (χ2n) is 3.88. The largest absolute Gasteiger partial charge is 0.388 e. The van der Waals surface area contributed by atoms with Crippen molar-refractivity contribution < 1.29 is 9.90 Å². The fourth-order valence-electron chi connectivity index (χ4n) is 1.48. The van der Waals surface area contributed by atoms with Gasteiger partial charge in [-0.25, -0.2) is 0 Å². The van der Waals surface area contributed by atoms with Crippen LogP contribution in [-0.2, 0) is 4.79 Å². The molecule has 3 heteroatoms. The summed E-state index contributed by atoms with van der Waals surface area (Å²) < 4.78 is 0. The molecule has 1 amide bonds. The lowest BCUT2D eigenvalue weighted by molar-refractivity contribution is -0.136. The molecule has 1 N–H and O–H groups in total. The Labute approximate surface area is 90.3 Å². The van der Waals surface area contributed by atoms with E-state index in [2.05, 4.69) is 0 Å². The molecule has 0 saturated carbocycles. The Morgan fingerprint density at radius 2 is 1.80 bits per heavy atom. The molecule has 0 fully saturated rings. The summed E-state index contributed by atoms with van der Waals surface area (Å²) in [7, 11) is 3.38. The smallest absolute Gasteiger partial charge is 0.227 e. The van der Waals surface area contributed by atoms with Crippen LogP contribution in [0.5, 0.6) is 0 Å². The summed E-state index contributed by atoms with van der Waals surface area (Å²) in [6, 6.07) is 9.24. The summed E-state index contributed by atoms with van der Waals surface area (Å²) in [6.45, 7) is 1.74. The van der Waals surface area contributed by atoms with Crippen LogP contribution in [0.15, 0.2) is 30.3 Å². The SMILES string of the molecule is C[C@@H](C(=O)N(C)C)[C@H](O)c1ccccc1. The number of aliphatic hydroxyl groups is 1. The molecule has 0 heterocycles. The highest BCUT2D eigenvalue weighted by atomic mass is 16.3. The summed E-state index contributed by atoms with van der Waals surface area (Å²) in [4.78, 5) is 13.1. The number of aliphatic hydroxyl groups excluding tert-OH is 1. The van der Waals surface area contributed by atoms with Crippen LogP contribution in [0, 0.1) is 5.92 Å². The van der Waals surface area contributed by atoms with Gasteiger partial charge in [0.1, 0.15) is 0 Å². The van der Waals surface area contributed by atoms with Crippen molar-refractivity contribution in [2.45, 2.75) is 13.0 Å². The standard InChI is InChI=1S/C12H17NO2/c1-9(12(15)13(2)3)11(14)10-7-5-4-6-8-10/h4-9,11,14H,1-3H3/t9-,11+/m1/s1. The normalized spacial score (nSPS) is 14.4. The Hall–Kier alpha value is -1.35. The molecular weight excluding hydrogens is 190 g/mol. The zero-order chi connectivity index (χ0) is 11.4. The van der Waals surface area contributed by atoms with E-state index in [0.717, 1.165) is 5.56 Å². The van der Waals surface area contributed by atoms with E-state index in [1.54, 1.807) is 21.0 Å². The lowest BCUT2D eigenvalue weighted by Gasteiger charge is -2.21. The van der Waals surface area contributed by atoms with E-state index in [0.29, 0.717) is 0 Å². The van der Waals surface area contributed by atoms with E-state index >= 15 is 0 Å². The van der Waals surface area contributed by atoms with Gasteiger partial charge in [0, 0.05) is 14.1 Å². The van der Waals surface area contributed by atoms with E-state index in [1.807, 2.05) is 30.3 Å². The van der Waals surface area contributed by atoms with Gasteiger partial charge in [0.2, 0.25) is 5.91 Å². The summed E-state index contributed by atoms with van der Waals surface area (Å²) in [5.41, 5.74) is 0.778. The molecular formula is C12H17NO2. The zero-order valence-electron chi connectivity index (χ0n) is 9.34. The third kappa shape index (κ3) is 2.80. The van der Waals surface area contributed by atoms with E-state index in [9.17, 15) is 9.90 Å². The Kier molecular flexibility index (Phi) is 3.86. The molecule has 3 nitrogen and oxygen atoms in total. The second kappa shape index (κ2) is 4.94. The van der Waals surface area contributed by atoms with E-state index in [-0.39, 0.29) is 5.91 Å². The van der Waals surface area contributed by atoms with E-state index in [4.69, 9.17) is 0 Å². The number of rotatable bonds is 3. The average Bonchev–Trinajstić information content (AvgIpc) is 2.27. The van der Waals surface area contributed by atoms with Crippen LogP contribution in [0.4, 0.5) is 0 Å². The minimum atomic E-state index is -0.735. The molecule has 0 saturated heterocycles. The van der Waals surface area contributed by atoms with Crippen molar-refractivity contribution >= 4 is 5.91 Å². The first-order valence-corrected chi connectivity index (χ1v) is 4.98. The van der Waals surface area contributed by atoms with Crippen LogP contribution in [0.1, 0.15) is 18.6 Å². The highest BCUT2D eigenvalue weighted by molar-refractivity contribution is 5.78. The van der Waals surface area contributed by atoms with Crippen molar-refractivity contribution in [2.24, 2.45) is 5.92 Å². The fourth-order valence-corrected chi connectivity index (χ4v) is 1.48. The van der Waals surface area contributed by atoms with Crippen molar-refractivity contribution in [3.05, 3.63) is 35.9 Å². The van der Waals surface area contributed by atoms with Gasteiger partial charge in [-0.05, 0) is 5.56 Å². The van der Waals surface area contributed by atoms with Gasteiger partial charge in [0.25, 0.3) is 0 Å². The number of nitrogens with zero attached hydrogens (tertiary/aromatic N) is 1. The van der Waals surface area contributed by atoms with Crippen LogP contribution >= 0.6 is 0 Å². The third-order valence-electron chi connectivity index (χ3n) is 2.45. The van der Waals surface area contributed by atoms with Crippen LogP contribution in [0.25, 0.3) is 0 Å². The molecule has 0 aliphatic rings. The molecule has 0 unspecified atom stereocenters. The molecule has 1 aromatic rings. The van der Waals surface area contributed by atoms with Gasteiger partial charge in [0.05, 0.1) is 12.0 Å². The third-order valence-corrected chi connectivity index (χ3v) is 2.45. The number of hydrogen-bond acceptors (Lipinski definition) is 2. The van der Waals surface area contributed by atoms with Gasteiger partial charge in [-0.2, -0.15) is 0 Å². The lowest BCUT2D eigenvalue weighted by Crippen LogP contribution is -2.31. The van der Waals surface area contributed by atoms with E-state index in [1.165, 1.54) is 4.90 Å². The highest BCUT2D eigenvalue weighted by Crippen LogP contribution is 2.22. The number of hydrogen-bond donors (Lipinski definition) is 1. The van der Waals surface area contributed by atoms with Gasteiger partial charge < -0.3 is 10.0 Å². The predicted octanol–water partition coefficient (Wildman–Crippen LogP) is 1.44. The first-order valence-electron chi connectivity index (χ1n) is 4.98. The molecule has 82 valence electrons. The van der Waals surface area contributed by atoms with Crippen LogP contribution in [0.3, 0.4) is 0 Å². The van der Waals surface area contributed by atoms with Crippen LogP contribution in [-0.4, -0.2) is 30.0 Å². The van der Waals surface area contributed by atoms with Gasteiger partial charge in [-0.15, -0.1) is 0 Å². The maximum absolute atomic E-state index is 11.6. The molecule has 0 radical (unpaired) electrons. The van der Waals surface area contributed by atoms with E-state index < -0.39 is 12.0 Å². The predicted molar refractivity (Wildman–Crippen MR) is 59.3 cm³/mol. The van der Waals surface area contributed by atoms with Crippen molar-refractivity contribution in [1.29, 1.82) is 0 Å². The summed E-state index contributed by atoms with van der Waals surface area (Å²) in [6.07, 6.45) is -0.735. The number of amides is 1. The first-order chi connectivity index (χ1) is 7.04. The maximum Gasteiger partial charge on any atom is 0.227 e. The fraction of sp³-hybridized carbons (Fsp3) is 0.417. The van der Waals surface area contributed by atoms with Crippen LogP contribution < -0.4 is 0 Å². The topological polar surface area (TPSA) is 40.5 Å². The summed E-state index contributed by atoms with van der Waals surface area (Å²) in [5.74, 6) is -0.478. The highest BCUT2D eigenvalue weighted by Gasteiger charge is 2.24. The number of carbonyl (C=O) groups is 1. The Balaban J connectivity index is 2.77. The molecule has 0 bridgehead atoms. The van der Waals surface area contributed by atoms with Gasteiger partial charge in [-0.1, -0.05) is 37.3 Å². The maximum atomic E-state index is 11.6. The molecule has 1 rings (SSSR count). The molecule has 0 aliphatic heterocycles.